The van der Waals surface area contributed by atoms with E-state index in [1.165, 1.54) is 4.90 Å². The zero-order valence-electron chi connectivity index (χ0n) is 20.9. The van der Waals surface area contributed by atoms with E-state index in [-0.39, 0.29) is 17.7 Å². The number of nitrogens with zero attached hydrogens (tertiary/aromatic N) is 4. The van der Waals surface area contributed by atoms with E-state index in [1.54, 1.807) is 19.2 Å². The second-order valence-electron chi connectivity index (χ2n) is 9.77. The van der Waals surface area contributed by atoms with Gasteiger partial charge in [0.05, 0.1) is 7.11 Å². The first-order chi connectivity index (χ1) is 16.8. The van der Waals surface area contributed by atoms with Crippen molar-refractivity contribution in [3.8, 4) is 11.5 Å². The Bertz CT molecular complexity index is 1030. The summed E-state index contributed by atoms with van der Waals surface area (Å²) in [6, 6.07) is 15.0. The molecular formula is C27H36N4O4. The number of benzene rings is 2. The molecule has 2 aromatic rings. The first-order valence-corrected chi connectivity index (χ1v) is 12.2. The fourth-order valence-corrected chi connectivity index (χ4v) is 5.10. The van der Waals surface area contributed by atoms with Crippen LogP contribution < -0.4 is 4.74 Å². The minimum Gasteiger partial charge on any atom is -0.508 e. The first kappa shape index (κ1) is 25.0. The maximum Gasteiger partial charge on any atom is 0.327 e. The van der Waals surface area contributed by atoms with Crippen LogP contribution in [0.3, 0.4) is 0 Å². The van der Waals surface area contributed by atoms with Crippen molar-refractivity contribution < 1.29 is 19.4 Å². The third kappa shape index (κ3) is 5.44. The van der Waals surface area contributed by atoms with E-state index in [1.807, 2.05) is 60.3 Å². The van der Waals surface area contributed by atoms with Gasteiger partial charge in [-0.2, -0.15) is 0 Å². The average Bonchev–Trinajstić information content (AvgIpc) is 3.03. The van der Waals surface area contributed by atoms with Gasteiger partial charge in [-0.05, 0) is 68.8 Å². The minimum atomic E-state index is -0.787. The molecule has 2 aliphatic heterocycles. The van der Waals surface area contributed by atoms with Gasteiger partial charge in [-0.3, -0.25) is 14.6 Å². The summed E-state index contributed by atoms with van der Waals surface area (Å²) in [5.41, 5.74) is 1.36. The molecule has 3 amide bonds. The summed E-state index contributed by atoms with van der Waals surface area (Å²) in [5.74, 6) is 0.997. The Morgan fingerprint density at radius 2 is 1.71 bits per heavy atom. The lowest BCUT2D eigenvalue weighted by atomic mass is 9.85. The van der Waals surface area contributed by atoms with Crippen LogP contribution in [0.5, 0.6) is 11.5 Å². The smallest absolute Gasteiger partial charge is 0.327 e. The standard InChI is InChI=1S/C27H36N4O4/c1-28(2)17-18-30-25(33)27(12-15-29(16-13-27)20-22-5-4-6-23(32)19-22)31(26(30)34)14-11-21-7-9-24(35-3)10-8-21/h4-10,19,32H,11-18,20H2,1-3H3. The molecule has 0 aliphatic carbocycles. The molecule has 35 heavy (non-hydrogen) atoms. The lowest BCUT2D eigenvalue weighted by molar-refractivity contribution is -0.135. The van der Waals surface area contributed by atoms with E-state index in [4.69, 9.17) is 4.74 Å². The summed E-state index contributed by atoms with van der Waals surface area (Å²) in [4.78, 5) is 34.8. The van der Waals surface area contributed by atoms with Gasteiger partial charge in [0.1, 0.15) is 17.0 Å². The van der Waals surface area contributed by atoms with Crippen molar-refractivity contribution in [1.29, 1.82) is 0 Å². The summed E-state index contributed by atoms with van der Waals surface area (Å²) in [6.45, 7) is 3.69. The molecule has 0 saturated carbocycles. The number of phenols is 1. The van der Waals surface area contributed by atoms with Gasteiger partial charge < -0.3 is 19.6 Å². The van der Waals surface area contributed by atoms with E-state index in [9.17, 15) is 14.7 Å². The Morgan fingerprint density at radius 1 is 1.00 bits per heavy atom. The molecule has 0 radical (unpaired) electrons. The molecule has 2 fully saturated rings. The van der Waals surface area contributed by atoms with Gasteiger partial charge >= 0.3 is 6.03 Å². The number of piperidine rings is 1. The second-order valence-corrected chi connectivity index (χ2v) is 9.77. The number of hydrogen-bond donors (Lipinski definition) is 1. The molecule has 188 valence electrons. The van der Waals surface area contributed by atoms with Gasteiger partial charge in [0.15, 0.2) is 0 Å². The van der Waals surface area contributed by atoms with Gasteiger partial charge in [-0.1, -0.05) is 24.3 Å². The molecule has 2 aliphatic rings. The molecule has 0 aromatic heterocycles. The fourth-order valence-electron chi connectivity index (χ4n) is 5.10. The van der Waals surface area contributed by atoms with Gasteiger partial charge in [-0.25, -0.2) is 4.79 Å². The van der Waals surface area contributed by atoms with Crippen molar-refractivity contribution in [2.24, 2.45) is 0 Å². The van der Waals surface area contributed by atoms with Gasteiger partial charge in [0.25, 0.3) is 5.91 Å². The summed E-state index contributed by atoms with van der Waals surface area (Å²) >= 11 is 0. The quantitative estimate of drug-likeness (QED) is 0.557. The maximum atomic E-state index is 13.7. The molecule has 2 aromatic carbocycles. The second kappa shape index (κ2) is 10.7. The van der Waals surface area contributed by atoms with Crippen LogP contribution in [-0.2, 0) is 17.8 Å². The first-order valence-electron chi connectivity index (χ1n) is 12.2. The zero-order chi connectivity index (χ0) is 25.0. The summed E-state index contributed by atoms with van der Waals surface area (Å²) in [6.07, 6.45) is 1.90. The maximum absolute atomic E-state index is 13.7. The van der Waals surface area contributed by atoms with Crippen LogP contribution in [0.1, 0.15) is 24.0 Å². The van der Waals surface area contributed by atoms with Crippen molar-refractivity contribution in [2.45, 2.75) is 31.3 Å². The minimum absolute atomic E-state index is 0.0592. The number of methoxy groups -OCH3 is 1. The van der Waals surface area contributed by atoms with Crippen LogP contribution in [0.25, 0.3) is 0 Å². The SMILES string of the molecule is COc1ccc(CCN2C(=O)N(CCN(C)C)C(=O)C23CCN(Cc2cccc(O)c2)CC3)cc1. The lowest BCUT2D eigenvalue weighted by Crippen LogP contribution is -2.56. The number of carbonyl (C=O) groups is 2. The predicted molar refractivity (Wildman–Crippen MR) is 134 cm³/mol. The summed E-state index contributed by atoms with van der Waals surface area (Å²) in [7, 11) is 5.53. The highest BCUT2D eigenvalue weighted by atomic mass is 16.5. The number of likely N-dealkylation sites (tertiary alicyclic amines) is 1. The monoisotopic (exact) mass is 480 g/mol. The summed E-state index contributed by atoms with van der Waals surface area (Å²) < 4.78 is 5.25. The van der Waals surface area contributed by atoms with Crippen LogP contribution in [-0.4, -0.2) is 96.1 Å². The predicted octanol–water partition coefficient (Wildman–Crippen LogP) is 2.80. The highest BCUT2D eigenvalue weighted by molar-refractivity contribution is 6.07. The molecular weight excluding hydrogens is 444 g/mol. The van der Waals surface area contributed by atoms with E-state index in [0.717, 1.165) is 30.0 Å². The fraction of sp³-hybridized carbons (Fsp3) is 0.481. The number of imide groups is 1. The van der Waals surface area contributed by atoms with Crippen LogP contribution in [0, 0.1) is 0 Å². The highest BCUT2D eigenvalue weighted by Gasteiger charge is 2.57. The Hall–Kier alpha value is -3.10. The van der Waals surface area contributed by atoms with Crippen LogP contribution in [0.2, 0.25) is 0 Å². The molecule has 0 bridgehead atoms. The molecule has 2 saturated heterocycles. The number of aromatic hydroxyl groups is 1. The van der Waals surface area contributed by atoms with Crippen molar-refractivity contribution in [3.63, 3.8) is 0 Å². The number of rotatable bonds is 9. The van der Waals surface area contributed by atoms with E-state index >= 15 is 0 Å². The molecule has 8 heteroatoms. The average molecular weight is 481 g/mol. The van der Waals surface area contributed by atoms with Gasteiger partial charge in [-0.15, -0.1) is 0 Å². The Morgan fingerprint density at radius 3 is 2.34 bits per heavy atom. The molecule has 0 unspecified atom stereocenters. The molecule has 1 N–H and O–H groups in total. The Labute approximate surface area is 207 Å². The van der Waals surface area contributed by atoms with E-state index in [0.29, 0.717) is 45.4 Å². The number of likely N-dealkylation sites (N-methyl/N-ethyl adjacent to an activating group) is 1. The third-order valence-corrected chi connectivity index (χ3v) is 7.18. The molecule has 1 spiro atoms. The molecule has 8 nitrogen and oxygen atoms in total. The van der Waals surface area contributed by atoms with Gasteiger partial charge in [0.2, 0.25) is 0 Å². The largest absolute Gasteiger partial charge is 0.508 e. The number of ether oxygens (including phenoxy) is 1. The molecule has 0 atom stereocenters. The molecule has 4 rings (SSSR count). The normalized spacial score (nSPS) is 18.2. The van der Waals surface area contributed by atoms with Crippen molar-refractivity contribution in [2.75, 3.05) is 53.9 Å². The van der Waals surface area contributed by atoms with Gasteiger partial charge in [0, 0.05) is 39.3 Å². The topological polar surface area (TPSA) is 76.6 Å². The number of carbonyl (C=O) groups excluding carboxylic acids is 2. The number of hydrogen-bond acceptors (Lipinski definition) is 6. The summed E-state index contributed by atoms with van der Waals surface area (Å²) in [5, 5.41) is 9.79. The number of amides is 3. The number of phenolic OH excluding ortho intramolecular Hbond substituents is 1. The Balaban J connectivity index is 1.49. The highest BCUT2D eigenvalue weighted by Crippen LogP contribution is 2.38. The number of urea groups is 1. The van der Waals surface area contributed by atoms with Crippen LogP contribution in [0.4, 0.5) is 4.79 Å². The third-order valence-electron chi connectivity index (χ3n) is 7.18. The van der Waals surface area contributed by atoms with Crippen molar-refractivity contribution >= 4 is 11.9 Å². The zero-order valence-corrected chi connectivity index (χ0v) is 20.9. The Kier molecular flexibility index (Phi) is 7.62. The lowest BCUT2D eigenvalue weighted by Gasteiger charge is -2.42. The van der Waals surface area contributed by atoms with Crippen molar-refractivity contribution in [1.82, 2.24) is 19.6 Å². The van der Waals surface area contributed by atoms with E-state index < -0.39 is 5.54 Å². The van der Waals surface area contributed by atoms with E-state index in [2.05, 4.69) is 4.90 Å². The van der Waals surface area contributed by atoms with Crippen molar-refractivity contribution in [3.05, 3.63) is 59.7 Å². The molecule has 2 heterocycles. The van der Waals surface area contributed by atoms with Crippen LogP contribution in [0.15, 0.2) is 48.5 Å². The van der Waals surface area contributed by atoms with Crippen LogP contribution >= 0.6 is 0 Å².